The van der Waals surface area contributed by atoms with Gasteiger partial charge in [-0.25, -0.2) is 4.39 Å². The molecule has 0 heterocycles. The van der Waals surface area contributed by atoms with Crippen LogP contribution in [0.2, 0.25) is 5.02 Å². The van der Waals surface area contributed by atoms with Gasteiger partial charge in [-0.15, -0.1) is 0 Å². The molecule has 0 aromatic heterocycles. The molecule has 0 amide bonds. The second-order valence-electron chi connectivity index (χ2n) is 3.07. The van der Waals surface area contributed by atoms with E-state index in [0.29, 0.717) is 0 Å². The molecule has 0 saturated heterocycles. The van der Waals surface area contributed by atoms with Crippen molar-refractivity contribution in [1.29, 1.82) is 0 Å². The Labute approximate surface area is 90.7 Å². The first-order valence-electron chi connectivity index (χ1n) is 4.21. The van der Waals surface area contributed by atoms with Crippen molar-refractivity contribution in [3.8, 4) is 5.75 Å². The monoisotopic (exact) mass is 235 g/mol. The molecule has 2 unspecified atom stereocenters. The SMILES string of the molecule is NCC(O)C(O)c1cc(Cl)cc(F)c1O. The predicted molar refractivity (Wildman–Crippen MR) is 53.1 cm³/mol. The van der Waals surface area contributed by atoms with Gasteiger partial charge in [-0.2, -0.15) is 0 Å². The van der Waals surface area contributed by atoms with Crippen LogP contribution in [0.25, 0.3) is 0 Å². The number of aromatic hydroxyl groups is 1. The molecule has 0 aliphatic rings. The van der Waals surface area contributed by atoms with Crippen LogP contribution in [0.15, 0.2) is 12.1 Å². The van der Waals surface area contributed by atoms with Crippen LogP contribution in [0.4, 0.5) is 4.39 Å². The maximum atomic E-state index is 13.0. The molecule has 0 spiro atoms. The summed E-state index contributed by atoms with van der Waals surface area (Å²) in [5.74, 6) is -1.69. The summed E-state index contributed by atoms with van der Waals surface area (Å²) in [6.45, 7) is -0.214. The molecule has 1 aromatic rings. The number of nitrogens with two attached hydrogens (primary N) is 1. The van der Waals surface area contributed by atoms with Crippen LogP contribution in [0.3, 0.4) is 0 Å². The summed E-state index contributed by atoms with van der Waals surface area (Å²) in [5.41, 5.74) is 4.94. The Morgan fingerprint density at radius 1 is 1.40 bits per heavy atom. The molecule has 0 aliphatic carbocycles. The number of hydrogen-bond donors (Lipinski definition) is 4. The van der Waals surface area contributed by atoms with Gasteiger partial charge < -0.3 is 21.1 Å². The Bertz CT molecular complexity index is 361. The third-order valence-corrected chi connectivity index (χ3v) is 2.20. The number of benzene rings is 1. The molecule has 2 atom stereocenters. The molecule has 4 nitrogen and oxygen atoms in total. The normalized spacial score (nSPS) is 15.0. The van der Waals surface area contributed by atoms with E-state index < -0.39 is 23.8 Å². The van der Waals surface area contributed by atoms with Crippen LogP contribution in [-0.4, -0.2) is 28.0 Å². The number of rotatable bonds is 3. The molecule has 6 heteroatoms. The van der Waals surface area contributed by atoms with Crippen LogP contribution in [0.1, 0.15) is 11.7 Å². The number of aliphatic hydroxyl groups excluding tert-OH is 2. The number of phenolic OH excluding ortho intramolecular Hbond substituents is 1. The van der Waals surface area contributed by atoms with Crippen molar-refractivity contribution >= 4 is 11.6 Å². The minimum absolute atomic E-state index is 0.0172. The van der Waals surface area contributed by atoms with Crippen molar-refractivity contribution in [2.45, 2.75) is 12.2 Å². The van der Waals surface area contributed by atoms with Gasteiger partial charge in [-0.05, 0) is 12.1 Å². The largest absolute Gasteiger partial charge is 0.505 e. The topological polar surface area (TPSA) is 86.7 Å². The van der Waals surface area contributed by atoms with Gasteiger partial charge in [-0.3, -0.25) is 0 Å². The molecule has 84 valence electrons. The van der Waals surface area contributed by atoms with Crippen molar-refractivity contribution in [3.05, 3.63) is 28.5 Å². The van der Waals surface area contributed by atoms with Crippen molar-refractivity contribution in [3.63, 3.8) is 0 Å². The highest BCUT2D eigenvalue weighted by Crippen LogP contribution is 2.31. The van der Waals surface area contributed by atoms with Crippen molar-refractivity contribution in [2.24, 2.45) is 5.73 Å². The lowest BCUT2D eigenvalue weighted by Gasteiger charge is -2.17. The molecule has 0 radical (unpaired) electrons. The smallest absolute Gasteiger partial charge is 0.166 e. The summed E-state index contributed by atoms with van der Waals surface area (Å²) in [6, 6.07) is 2.07. The lowest BCUT2D eigenvalue weighted by atomic mass is 10.0. The van der Waals surface area contributed by atoms with E-state index in [1.165, 1.54) is 6.07 Å². The fraction of sp³-hybridized carbons (Fsp3) is 0.333. The Morgan fingerprint density at radius 2 is 2.00 bits per heavy atom. The predicted octanol–water partition coefficient (Wildman–Crippen LogP) is 0.538. The molecule has 15 heavy (non-hydrogen) atoms. The van der Waals surface area contributed by atoms with Gasteiger partial charge in [-0.1, -0.05) is 11.6 Å². The highest BCUT2D eigenvalue weighted by molar-refractivity contribution is 6.30. The maximum absolute atomic E-state index is 13.0. The molecule has 5 N–H and O–H groups in total. The van der Waals surface area contributed by atoms with Crippen molar-refractivity contribution < 1.29 is 19.7 Å². The van der Waals surface area contributed by atoms with E-state index in [0.717, 1.165) is 6.07 Å². The van der Waals surface area contributed by atoms with E-state index in [-0.39, 0.29) is 17.1 Å². The zero-order valence-electron chi connectivity index (χ0n) is 7.69. The van der Waals surface area contributed by atoms with Crippen LogP contribution < -0.4 is 5.73 Å². The average Bonchev–Trinajstić information content (AvgIpc) is 2.21. The van der Waals surface area contributed by atoms with Crippen LogP contribution >= 0.6 is 11.6 Å². The van der Waals surface area contributed by atoms with Crippen LogP contribution in [0.5, 0.6) is 5.75 Å². The van der Waals surface area contributed by atoms with E-state index in [9.17, 15) is 19.7 Å². The third-order valence-electron chi connectivity index (χ3n) is 1.98. The van der Waals surface area contributed by atoms with E-state index in [2.05, 4.69) is 0 Å². The molecule has 0 aliphatic heterocycles. The van der Waals surface area contributed by atoms with E-state index in [1.54, 1.807) is 0 Å². The average molecular weight is 236 g/mol. The summed E-state index contributed by atoms with van der Waals surface area (Å²) in [7, 11) is 0. The van der Waals surface area contributed by atoms with Gasteiger partial charge in [0.1, 0.15) is 6.10 Å². The summed E-state index contributed by atoms with van der Waals surface area (Å²) in [6.07, 6.45) is -2.75. The van der Waals surface area contributed by atoms with E-state index in [1.807, 2.05) is 0 Å². The second-order valence-corrected chi connectivity index (χ2v) is 3.51. The molecule has 0 fully saturated rings. The highest BCUT2D eigenvalue weighted by atomic mass is 35.5. The Balaban J connectivity index is 3.13. The minimum Gasteiger partial charge on any atom is -0.505 e. The molecular formula is C9H11ClFNO3. The Morgan fingerprint density at radius 3 is 2.53 bits per heavy atom. The van der Waals surface area contributed by atoms with Gasteiger partial charge in [0.2, 0.25) is 0 Å². The molecular weight excluding hydrogens is 225 g/mol. The first-order valence-corrected chi connectivity index (χ1v) is 4.59. The molecule has 0 bridgehead atoms. The third kappa shape index (κ3) is 2.57. The Hall–Kier alpha value is -0.880. The van der Waals surface area contributed by atoms with Gasteiger partial charge in [0, 0.05) is 17.1 Å². The summed E-state index contributed by atoms with van der Waals surface area (Å²) < 4.78 is 13.0. The van der Waals surface area contributed by atoms with E-state index >= 15 is 0 Å². The lowest BCUT2D eigenvalue weighted by molar-refractivity contribution is 0.0227. The zero-order chi connectivity index (χ0) is 11.6. The standard InChI is InChI=1S/C9H11ClFNO3/c10-4-1-5(8(14)6(11)2-4)9(15)7(13)3-12/h1-2,7,9,13-15H,3,12H2. The lowest BCUT2D eigenvalue weighted by Crippen LogP contribution is -2.27. The second kappa shape index (κ2) is 4.76. The fourth-order valence-corrected chi connectivity index (χ4v) is 1.36. The van der Waals surface area contributed by atoms with Crippen LogP contribution in [0, 0.1) is 5.82 Å². The number of aliphatic hydroxyl groups is 2. The van der Waals surface area contributed by atoms with Gasteiger partial charge in [0.15, 0.2) is 11.6 Å². The van der Waals surface area contributed by atoms with Crippen LogP contribution in [-0.2, 0) is 0 Å². The highest BCUT2D eigenvalue weighted by Gasteiger charge is 2.22. The number of hydrogen-bond acceptors (Lipinski definition) is 4. The molecule has 1 aromatic carbocycles. The van der Waals surface area contributed by atoms with Crippen molar-refractivity contribution in [1.82, 2.24) is 0 Å². The Kier molecular flexibility index (Phi) is 3.87. The van der Waals surface area contributed by atoms with Gasteiger partial charge >= 0.3 is 0 Å². The van der Waals surface area contributed by atoms with Gasteiger partial charge in [0.05, 0.1) is 6.10 Å². The molecule has 0 saturated carbocycles. The first kappa shape index (κ1) is 12.2. The maximum Gasteiger partial charge on any atom is 0.166 e. The quantitative estimate of drug-likeness (QED) is 0.616. The fourth-order valence-electron chi connectivity index (χ4n) is 1.15. The number of phenols is 1. The zero-order valence-corrected chi connectivity index (χ0v) is 8.45. The summed E-state index contributed by atoms with van der Waals surface area (Å²) >= 11 is 5.54. The van der Waals surface area contributed by atoms with Gasteiger partial charge in [0.25, 0.3) is 0 Å². The molecule has 1 rings (SSSR count). The first-order chi connectivity index (χ1) is 6.97. The number of halogens is 2. The summed E-state index contributed by atoms with van der Waals surface area (Å²) in [4.78, 5) is 0. The van der Waals surface area contributed by atoms with E-state index in [4.69, 9.17) is 17.3 Å². The minimum atomic E-state index is -1.47. The summed E-state index contributed by atoms with van der Waals surface area (Å²) in [5, 5.41) is 28.0. The van der Waals surface area contributed by atoms with Crippen molar-refractivity contribution in [2.75, 3.05) is 6.54 Å².